The number of hydrogen-bond acceptors (Lipinski definition) is 1. The van der Waals surface area contributed by atoms with Crippen LogP contribution in [0.3, 0.4) is 0 Å². The molecular weight excluding hydrogens is 234 g/mol. The van der Waals surface area contributed by atoms with Crippen molar-refractivity contribution in [2.75, 3.05) is 6.54 Å². The smallest absolute Gasteiger partial charge is 0.251 e. The Morgan fingerprint density at radius 2 is 1.63 bits per heavy atom. The average Bonchev–Trinajstić information content (AvgIpc) is 2.44. The van der Waals surface area contributed by atoms with Crippen molar-refractivity contribution in [1.29, 1.82) is 0 Å². The second-order valence-electron chi connectivity index (χ2n) is 3.87. The van der Waals surface area contributed by atoms with Crippen molar-refractivity contribution < 1.29 is 4.79 Å². The lowest BCUT2D eigenvalue weighted by molar-refractivity contribution is 0.0946. The van der Waals surface area contributed by atoms with Gasteiger partial charge in [-0.1, -0.05) is 65.7 Å². The first-order valence-corrected chi connectivity index (χ1v) is 7.56. The summed E-state index contributed by atoms with van der Waals surface area (Å²) in [6, 6.07) is 5.97. The highest BCUT2D eigenvalue weighted by Crippen LogP contribution is 2.14. The van der Waals surface area contributed by atoms with Gasteiger partial charge in [-0.3, -0.25) is 4.79 Å². The molecule has 0 aromatic heterocycles. The first-order chi connectivity index (χ1) is 9.19. The van der Waals surface area contributed by atoms with Crippen LogP contribution < -0.4 is 5.32 Å². The first kappa shape index (κ1) is 20.0. The van der Waals surface area contributed by atoms with Gasteiger partial charge in [0.1, 0.15) is 0 Å². The second kappa shape index (κ2) is 13.1. The van der Waals surface area contributed by atoms with Crippen molar-refractivity contribution in [3.8, 4) is 0 Å². The van der Waals surface area contributed by atoms with E-state index in [4.69, 9.17) is 0 Å². The number of fused-ring (bicyclic) bond motifs is 1. The van der Waals surface area contributed by atoms with Crippen LogP contribution in [0.5, 0.6) is 0 Å². The van der Waals surface area contributed by atoms with Crippen LogP contribution in [0.2, 0.25) is 0 Å². The van der Waals surface area contributed by atoms with Crippen LogP contribution in [-0.4, -0.2) is 12.5 Å². The molecule has 1 aromatic carbocycles. The third-order valence-corrected chi connectivity index (χ3v) is 2.19. The van der Waals surface area contributed by atoms with E-state index in [0.717, 1.165) is 18.5 Å². The van der Waals surface area contributed by atoms with E-state index >= 15 is 0 Å². The van der Waals surface area contributed by atoms with Gasteiger partial charge in [-0.25, -0.2) is 0 Å². The van der Waals surface area contributed by atoms with Gasteiger partial charge in [0, 0.05) is 12.1 Å². The summed E-state index contributed by atoms with van der Waals surface area (Å²) < 4.78 is 0. The lowest BCUT2D eigenvalue weighted by Gasteiger charge is -2.16. The molecule has 0 unspecified atom stereocenters. The Labute approximate surface area is 119 Å². The van der Waals surface area contributed by atoms with Crippen molar-refractivity contribution in [1.82, 2.24) is 5.32 Å². The summed E-state index contributed by atoms with van der Waals surface area (Å²) >= 11 is 0. The van der Waals surface area contributed by atoms with E-state index in [1.165, 1.54) is 17.5 Å². The zero-order valence-electron chi connectivity index (χ0n) is 13.8. The van der Waals surface area contributed by atoms with Crippen molar-refractivity contribution in [3.05, 3.63) is 34.9 Å². The van der Waals surface area contributed by atoms with Crippen LogP contribution in [0.15, 0.2) is 18.2 Å². The molecule has 0 atom stereocenters. The van der Waals surface area contributed by atoms with Crippen molar-refractivity contribution in [2.45, 2.75) is 61.3 Å². The SMILES string of the molecule is CC.CC.CCC.Cc1ccc2c(c1)CCNC2=O. The lowest BCUT2D eigenvalue weighted by atomic mass is 9.98. The molecule has 2 nitrogen and oxygen atoms in total. The molecular formula is C17H31NO. The maximum atomic E-state index is 11.3. The third-order valence-electron chi connectivity index (χ3n) is 2.19. The number of benzene rings is 1. The summed E-state index contributed by atoms with van der Waals surface area (Å²) in [5, 5.41) is 2.82. The number of carbonyl (C=O) groups excluding carboxylic acids is 1. The largest absolute Gasteiger partial charge is 0.352 e. The Bertz CT molecular complexity index is 345. The fourth-order valence-electron chi connectivity index (χ4n) is 1.56. The summed E-state index contributed by atoms with van der Waals surface area (Å²) in [4.78, 5) is 11.3. The number of carbonyl (C=O) groups is 1. The Hall–Kier alpha value is -1.31. The van der Waals surface area contributed by atoms with Gasteiger partial charge in [-0.2, -0.15) is 0 Å². The molecule has 1 aliphatic rings. The third kappa shape index (κ3) is 7.66. The number of amides is 1. The fraction of sp³-hybridized carbons (Fsp3) is 0.588. The molecule has 0 aliphatic carbocycles. The molecule has 0 saturated heterocycles. The lowest BCUT2D eigenvalue weighted by Crippen LogP contribution is -2.31. The maximum absolute atomic E-state index is 11.3. The molecule has 0 radical (unpaired) electrons. The highest BCUT2D eigenvalue weighted by molar-refractivity contribution is 5.96. The minimum Gasteiger partial charge on any atom is -0.352 e. The predicted molar refractivity (Wildman–Crippen MR) is 85.9 cm³/mol. The molecule has 0 saturated carbocycles. The summed E-state index contributed by atoms with van der Waals surface area (Å²) in [6.45, 7) is 15.1. The quantitative estimate of drug-likeness (QED) is 0.720. The predicted octanol–water partition coefficient (Wildman–Crippen LogP) is 4.75. The Balaban J connectivity index is 0. The van der Waals surface area contributed by atoms with Crippen LogP contribution in [0, 0.1) is 6.92 Å². The van der Waals surface area contributed by atoms with Gasteiger partial charge >= 0.3 is 0 Å². The standard InChI is InChI=1S/C10H11NO.C3H8.2C2H6/c1-7-2-3-9-8(6-7)4-5-11-10(9)12;1-3-2;2*1-2/h2-3,6H,4-5H2,1H3,(H,11,12);3H2,1-2H3;2*1-2H3. The van der Waals surface area contributed by atoms with Crippen molar-refractivity contribution in [3.63, 3.8) is 0 Å². The molecule has 1 aromatic rings. The van der Waals surface area contributed by atoms with Gasteiger partial charge in [0.25, 0.3) is 5.91 Å². The summed E-state index contributed by atoms with van der Waals surface area (Å²) in [5.41, 5.74) is 3.24. The molecule has 1 heterocycles. The van der Waals surface area contributed by atoms with E-state index in [-0.39, 0.29) is 5.91 Å². The van der Waals surface area contributed by atoms with Gasteiger partial charge in [-0.05, 0) is 25.0 Å². The van der Waals surface area contributed by atoms with Gasteiger partial charge in [-0.15, -0.1) is 0 Å². The van der Waals surface area contributed by atoms with Gasteiger partial charge < -0.3 is 5.32 Å². The monoisotopic (exact) mass is 265 g/mol. The molecule has 1 N–H and O–H groups in total. The fourth-order valence-corrected chi connectivity index (χ4v) is 1.56. The van der Waals surface area contributed by atoms with Crippen LogP contribution in [0.25, 0.3) is 0 Å². The van der Waals surface area contributed by atoms with Crippen LogP contribution in [-0.2, 0) is 6.42 Å². The summed E-state index contributed by atoms with van der Waals surface area (Å²) in [5.74, 6) is 0.0660. The number of rotatable bonds is 0. The molecule has 0 spiro atoms. The first-order valence-electron chi connectivity index (χ1n) is 7.56. The molecule has 1 amide bonds. The van der Waals surface area contributed by atoms with E-state index in [0.29, 0.717) is 0 Å². The molecule has 0 bridgehead atoms. The van der Waals surface area contributed by atoms with Gasteiger partial charge in [0.2, 0.25) is 0 Å². The summed E-state index contributed by atoms with van der Waals surface area (Å²) in [7, 11) is 0. The molecule has 0 fully saturated rings. The number of aryl methyl sites for hydroxylation is 1. The van der Waals surface area contributed by atoms with Crippen molar-refractivity contribution >= 4 is 5.91 Å². The van der Waals surface area contributed by atoms with Crippen LogP contribution >= 0.6 is 0 Å². The molecule has 2 rings (SSSR count). The number of nitrogens with one attached hydrogen (secondary N) is 1. The molecule has 1 aliphatic heterocycles. The number of hydrogen-bond donors (Lipinski definition) is 1. The Kier molecular flexibility index (Phi) is 13.8. The molecule has 2 heteroatoms. The minimum absolute atomic E-state index is 0.0660. The second-order valence-corrected chi connectivity index (χ2v) is 3.87. The van der Waals surface area contributed by atoms with Crippen molar-refractivity contribution in [2.24, 2.45) is 0 Å². The molecule has 110 valence electrons. The highest BCUT2D eigenvalue weighted by Gasteiger charge is 2.15. The highest BCUT2D eigenvalue weighted by atomic mass is 16.1. The van der Waals surface area contributed by atoms with E-state index in [9.17, 15) is 4.79 Å². The zero-order valence-corrected chi connectivity index (χ0v) is 13.8. The van der Waals surface area contributed by atoms with Crippen LogP contribution in [0.4, 0.5) is 0 Å². The van der Waals surface area contributed by atoms with E-state index < -0.39 is 0 Å². The molecule has 19 heavy (non-hydrogen) atoms. The maximum Gasteiger partial charge on any atom is 0.251 e. The van der Waals surface area contributed by atoms with Gasteiger partial charge in [0.05, 0.1) is 0 Å². The Morgan fingerprint density at radius 1 is 1.11 bits per heavy atom. The van der Waals surface area contributed by atoms with Gasteiger partial charge in [0.15, 0.2) is 0 Å². The van der Waals surface area contributed by atoms with E-state index in [1.54, 1.807) is 0 Å². The normalized spacial score (nSPS) is 11.2. The Morgan fingerprint density at radius 3 is 2.16 bits per heavy atom. The summed E-state index contributed by atoms with van der Waals surface area (Å²) in [6.07, 6.45) is 2.21. The average molecular weight is 265 g/mol. The minimum atomic E-state index is 0.0660. The zero-order chi connectivity index (χ0) is 15.3. The van der Waals surface area contributed by atoms with E-state index in [2.05, 4.69) is 25.2 Å². The van der Waals surface area contributed by atoms with E-state index in [1.807, 2.05) is 46.8 Å². The van der Waals surface area contributed by atoms with Crippen LogP contribution in [0.1, 0.15) is 69.4 Å². The topological polar surface area (TPSA) is 29.1 Å².